The van der Waals surface area contributed by atoms with Crippen LogP contribution in [0.25, 0.3) is 10.4 Å². The minimum absolute atomic E-state index is 0. The Morgan fingerprint density at radius 2 is 1.57 bits per heavy atom. The van der Waals surface area contributed by atoms with Gasteiger partial charge in [-0.2, -0.15) is 5.26 Å². The lowest BCUT2D eigenvalue weighted by molar-refractivity contribution is -0.164. The summed E-state index contributed by atoms with van der Waals surface area (Å²) in [5, 5.41) is 29.0. The smallest absolute Gasteiger partial charge is 0.251 e. The number of amides is 4. The zero-order valence-corrected chi connectivity index (χ0v) is 40.3. The summed E-state index contributed by atoms with van der Waals surface area (Å²) in [5.41, 5.74) is 3.13. The molecule has 2 fully saturated rings. The molecule has 3 aromatic carbocycles. The molecule has 4 aromatic rings. The van der Waals surface area contributed by atoms with Gasteiger partial charge in [-0.05, 0) is 72.2 Å². The first-order valence-corrected chi connectivity index (χ1v) is 23.6. The van der Waals surface area contributed by atoms with Gasteiger partial charge in [0.05, 0.1) is 33.7 Å². The maximum absolute atomic E-state index is 13.9. The Labute approximate surface area is 425 Å². The molecule has 14 nitrogen and oxygen atoms in total. The van der Waals surface area contributed by atoms with Gasteiger partial charge in [-0.25, -0.2) is 0 Å². The van der Waals surface area contributed by atoms with Crippen LogP contribution >= 0.6 is 22.9 Å². The summed E-state index contributed by atoms with van der Waals surface area (Å²) in [7, 11) is 0. The number of carbonyl (C=O) groups excluding carboxylic acids is 4. The normalized spacial score (nSPS) is 18.9. The van der Waals surface area contributed by atoms with Crippen LogP contribution in [0.4, 0.5) is 0 Å². The number of likely N-dealkylation sites (tertiary alicyclic amines) is 1. The van der Waals surface area contributed by atoms with E-state index >= 15 is 0 Å². The minimum atomic E-state index is -0.952. The van der Waals surface area contributed by atoms with E-state index in [-0.39, 0.29) is 90.6 Å². The largest absolute Gasteiger partial charge is 0.494 e. The van der Waals surface area contributed by atoms with Crippen molar-refractivity contribution in [3.05, 3.63) is 100 Å². The summed E-state index contributed by atoms with van der Waals surface area (Å²) in [6.45, 7) is 14.6. The predicted molar refractivity (Wildman–Crippen MR) is 280 cm³/mol. The molecule has 0 radical (unpaired) electrons. The maximum atomic E-state index is 13.9. The second-order valence-corrected chi connectivity index (χ2v) is 20.6. The number of thiazole rings is 1. The number of aliphatic hydroxyl groups is 1. The summed E-state index contributed by atoms with van der Waals surface area (Å²) >= 11 is 7.78. The molecule has 2 heterocycles. The Morgan fingerprint density at radius 3 is 2.17 bits per heavy atom. The molecule has 2 aliphatic rings. The number of hydrogen-bond donors (Lipinski definition) is 4. The van der Waals surface area contributed by atoms with Crippen LogP contribution in [0.15, 0.2) is 78.4 Å². The molecule has 16 heteroatoms. The Kier molecular flexibility index (Phi) is 22.6. The number of halogens is 1. The van der Waals surface area contributed by atoms with Crippen LogP contribution in [0.3, 0.4) is 0 Å². The third-order valence-electron chi connectivity index (χ3n) is 12.4. The predicted octanol–water partition coefficient (Wildman–Crippen LogP) is 9.87. The van der Waals surface area contributed by atoms with E-state index in [9.17, 15) is 29.5 Å². The zero-order valence-electron chi connectivity index (χ0n) is 38.7. The summed E-state index contributed by atoms with van der Waals surface area (Å²) in [4.78, 5) is 60.2. The summed E-state index contributed by atoms with van der Waals surface area (Å²) in [6, 6.07) is 19.9. The standard InChI is InChI=1S/C50H61ClN6O8S.4CH4/c1-48(2,3)42(45(62)57-28-35(58)23-39(57)44(61)54-26-31-11-13-32(14-12-31)40-27-53-30-66-40)55-41(59)29-63-21-9-8-10-22-64-36-18-15-33(16-19-36)43(60)56-46-49(4,5)47(50(46,6)7)65-37-20-17-34(25-52)38(51)24-37;;;;/h11-20,24,27,30,35,39,42,46-47,58H,8-10,21-23,26,28-29H2,1-7H3,(H,54,61)(H,55,59)(H,56,60);4*1H4/t35-,39+,42-,46?,47?;;;;/m1..../s1. The number of unbranched alkanes of at least 4 members (excludes halogenated alkanes) is 2. The summed E-state index contributed by atoms with van der Waals surface area (Å²) < 4.78 is 17.9. The molecule has 6 rings (SSSR count). The number of ether oxygens (including phenoxy) is 3. The van der Waals surface area contributed by atoms with E-state index in [1.807, 2.05) is 45.0 Å². The lowest BCUT2D eigenvalue weighted by atomic mass is 9.49. The fourth-order valence-electron chi connectivity index (χ4n) is 9.13. The number of nitriles is 1. The fraction of sp³-hybridized carbons (Fsp3) is 0.519. The van der Waals surface area contributed by atoms with Crippen molar-refractivity contribution in [2.45, 2.75) is 141 Å². The SMILES string of the molecule is C.C.C.C.CC1(C)C(NC(=O)c2ccc(OCCCCCOCC(=O)N[C@H](C(=O)N3C[C@H](O)C[C@H]3C(=O)NCc3ccc(-c4cncs4)cc3)C(C)(C)C)cc2)C(C)(C)C1Oc1ccc(C#N)c(Cl)c1. The number of nitrogens with one attached hydrogen (secondary N) is 3. The molecule has 1 aliphatic carbocycles. The molecule has 1 aromatic heterocycles. The fourth-order valence-corrected chi connectivity index (χ4v) is 9.97. The molecule has 0 bridgehead atoms. The van der Waals surface area contributed by atoms with Gasteiger partial charge >= 0.3 is 0 Å². The summed E-state index contributed by atoms with van der Waals surface area (Å²) in [5.74, 6) is -0.229. The van der Waals surface area contributed by atoms with Crippen LogP contribution in [0.5, 0.6) is 11.5 Å². The lowest BCUT2D eigenvalue weighted by Gasteiger charge is -2.63. The molecule has 3 atom stereocenters. The number of aromatic nitrogens is 1. The maximum Gasteiger partial charge on any atom is 0.251 e. The van der Waals surface area contributed by atoms with Crippen molar-refractivity contribution in [3.8, 4) is 28.0 Å². The second kappa shape index (κ2) is 26.1. The highest BCUT2D eigenvalue weighted by Gasteiger charge is 2.64. The number of β-amino-alcohol motifs (C(OH)–C–C–N with tert-alkyl or cyclic N) is 1. The highest BCUT2D eigenvalue weighted by atomic mass is 35.5. The van der Waals surface area contributed by atoms with E-state index in [1.165, 1.54) is 4.90 Å². The zero-order chi connectivity index (χ0) is 47.8. The molecule has 70 heavy (non-hydrogen) atoms. The van der Waals surface area contributed by atoms with Gasteiger partial charge in [0.2, 0.25) is 17.7 Å². The first-order chi connectivity index (χ1) is 31.3. The van der Waals surface area contributed by atoms with E-state index in [2.05, 4.69) is 54.7 Å². The van der Waals surface area contributed by atoms with Gasteiger partial charge < -0.3 is 40.2 Å². The van der Waals surface area contributed by atoms with Crippen LogP contribution in [0, 0.1) is 27.6 Å². The third kappa shape index (κ3) is 14.8. The number of rotatable bonds is 19. The van der Waals surface area contributed by atoms with E-state index in [4.69, 9.17) is 25.8 Å². The van der Waals surface area contributed by atoms with Crippen molar-refractivity contribution in [3.63, 3.8) is 0 Å². The number of carbonyl (C=O) groups is 4. The first kappa shape index (κ1) is 60.6. The van der Waals surface area contributed by atoms with Crippen molar-refractivity contribution in [1.82, 2.24) is 25.8 Å². The second-order valence-electron chi connectivity index (χ2n) is 19.3. The van der Waals surface area contributed by atoms with E-state index in [0.717, 1.165) is 28.8 Å². The molecule has 1 aliphatic heterocycles. The monoisotopic (exact) mass is 1000 g/mol. The van der Waals surface area contributed by atoms with Crippen molar-refractivity contribution >= 4 is 46.6 Å². The van der Waals surface area contributed by atoms with Gasteiger partial charge in [0.1, 0.15) is 42.4 Å². The van der Waals surface area contributed by atoms with Crippen molar-refractivity contribution in [1.29, 1.82) is 5.26 Å². The van der Waals surface area contributed by atoms with Crippen LogP contribution in [-0.2, 0) is 25.7 Å². The molecule has 4 amide bonds. The number of aliphatic hydroxyl groups excluding tert-OH is 1. The summed E-state index contributed by atoms with van der Waals surface area (Å²) in [6.07, 6.45) is 3.05. The van der Waals surface area contributed by atoms with Crippen LogP contribution in [0.2, 0.25) is 5.02 Å². The van der Waals surface area contributed by atoms with Crippen molar-refractivity contribution in [2.75, 3.05) is 26.4 Å². The number of benzene rings is 3. The molecule has 1 saturated heterocycles. The number of nitrogens with zero attached hydrogens (tertiary/aromatic N) is 3. The van der Waals surface area contributed by atoms with Gasteiger partial charge in [0.25, 0.3) is 5.91 Å². The van der Waals surface area contributed by atoms with Gasteiger partial charge in [0, 0.05) is 60.8 Å². The quantitative estimate of drug-likeness (QED) is 0.0658. The van der Waals surface area contributed by atoms with Crippen LogP contribution in [0.1, 0.15) is 125 Å². The molecule has 0 unspecified atom stereocenters. The van der Waals surface area contributed by atoms with Gasteiger partial charge in [0.15, 0.2) is 0 Å². The average Bonchev–Trinajstić information content (AvgIpc) is 3.97. The molecule has 384 valence electrons. The average molecular weight is 1010 g/mol. The first-order valence-electron chi connectivity index (χ1n) is 22.3. The Morgan fingerprint density at radius 1 is 0.929 bits per heavy atom. The Bertz CT molecular complexity index is 2350. The molecular formula is C54H77ClN6O8S. The third-order valence-corrected chi connectivity index (χ3v) is 13.5. The highest BCUT2D eigenvalue weighted by molar-refractivity contribution is 7.13. The van der Waals surface area contributed by atoms with E-state index in [1.54, 1.807) is 65.5 Å². The highest BCUT2D eigenvalue weighted by Crippen LogP contribution is 2.55. The minimum Gasteiger partial charge on any atom is -0.494 e. The topological polar surface area (TPSA) is 192 Å². The number of hydrogen-bond acceptors (Lipinski definition) is 11. The van der Waals surface area contributed by atoms with Gasteiger partial charge in [-0.3, -0.25) is 24.2 Å². The van der Waals surface area contributed by atoms with E-state index < -0.39 is 35.4 Å². The van der Waals surface area contributed by atoms with Crippen molar-refractivity contribution in [2.24, 2.45) is 16.2 Å². The van der Waals surface area contributed by atoms with Crippen LogP contribution in [-0.4, -0.2) is 95.3 Å². The lowest BCUT2D eigenvalue weighted by Crippen LogP contribution is -2.74. The Balaban J connectivity index is 0.00000420. The molecule has 1 saturated carbocycles. The molecule has 0 spiro atoms. The molecular weight excluding hydrogens is 928 g/mol. The van der Waals surface area contributed by atoms with E-state index in [0.29, 0.717) is 47.3 Å². The molecule has 4 N–H and O–H groups in total. The van der Waals surface area contributed by atoms with Gasteiger partial charge in [-0.1, -0.05) is 114 Å². The van der Waals surface area contributed by atoms with Crippen LogP contribution < -0.4 is 25.4 Å². The van der Waals surface area contributed by atoms with Crippen molar-refractivity contribution < 1.29 is 38.5 Å². The Hall–Kier alpha value is -5.53. The van der Waals surface area contributed by atoms with Gasteiger partial charge in [-0.15, -0.1) is 11.3 Å².